The maximum Gasteiger partial charge on any atom is 0.410 e. The first kappa shape index (κ1) is 33.2. The highest BCUT2D eigenvalue weighted by atomic mass is 32.2. The van der Waals surface area contributed by atoms with Gasteiger partial charge < -0.3 is 25.1 Å². The maximum absolute atomic E-state index is 13.6. The van der Waals surface area contributed by atoms with Gasteiger partial charge in [-0.15, -0.1) is 0 Å². The molecule has 11 nitrogen and oxygen atoms in total. The number of nitrogens with zero attached hydrogens (tertiary/aromatic N) is 2. The minimum Gasteiger partial charge on any atom is -0.444 e. The summed E-state index contributed by atoms with van der Waals surface area (Å²) in [5.74, 6) is -1.12. The molecule has 240 valence electrons. The SMILES string of the molecule is CC(C)(C)OC(=O)N1CCC(CNC(=O)CNC(=O)c2ccc(S(=O)(=O)N(Oc3ccc(F)cc3)c3ccccc3)cc2)CC1. The third kappa shape index (κ3) is 9.42. The van der Waals surface area contributed by atoms with Crippen LogP contribution in [0.25, 0.3) is 0 Å². The van der Waals surface area contributed by atoms with Crippen LogP contribution in [0.1, 0.15) is 44.0 Å². The van der Waals surface area contributed by atoms with Crippen molar-refractivity contribution < 1.29 is 36.8 Å². The Morgan fingerprint density at radius 1 is 0.911 bits per heavy atom. The molecule has 0 saturated carbocycles. The number of rotatable bonds is 10. The van der Waals surface area contributed by atoms with Crippen molar-refractivity contribution in [1.29, 1.82) is 0 Å². The molecular weight excluding hydrogens is 603 g/mol. The smallest absolute Gasteiger partial charge is 0.410 e. The summed E-state index contributed by atoms with van der Waals surface area (Å²) in [6.45, 7) is 6.70. The summed E-state index contributed by atoms with van der Waals surface area (Å²) in [6, 6.07) is 18.2. The number of sulfonamides is 1. The van der Waals surface area contributed by atoms with E-state index in [9.17, 15) is 27.2 Å². The molecule has 4 rings (SSSR count). The minimum atomic E-state index is -4.27. The molecule has 1 fully saturated rings. The molecule has 0 aliphatic carbocycles. The molecule has 13 heteroatoms. The molecule has 0 bridgehead atoms. The summed E-state index contributed by atoms with van der Waals surface area (Å²) in [5, 5.41) is 5.35. The molecule has 2 N–H and O–H groups in total. The third-order valence-corrected chi connectivity index (χ3v) is 8.46. The van der Waals surface area contributed by atoms with Crippen molar-refractivity contribution >= 4 is 33.6 Å². The Hall–Kier alpha value is -4.65. The Kier molecular flexibility index (Phi) is 10.7. The van der Waals surface area contributed by atoms with Gasteiger partial charge in [-0.3, -0.25) is 9.59 Å². The average Bonchev–Trinajstić information content (AvgIpc) is 3.02. The van der Waals surface area contributed by atoms with Gasteiger partial charge in [0, 0.05) is 25.2 Å². The normalized spacial score (nSPS) is 13.9. The van der Waals surface area contributed by atoms with Gasteiger partial charge in [0.2, 0.25) is 5.91 Å². The van der Waals surface area contributed by atoms with E-state index < -0.39 is 27.3 Å². The van der Waals surface area contributed by atoms with Crippen LogP contribution in [0.4, 0.5) is 14.9 Å². The number of nitrogens with one attached hydrogen (secondary N) is 2. The molecule has 3 aromatic carbocycles. The lowest BCUT2D eigenvalue weighted by Gasteiger charge is -2.33. The summed E-state index contributed by atoms with van der Waals surface area (Å²) >= 11 is 0. The molecule has 3 aromatic rings. The first-order valence-corrected chi connectivity index (χ1v) is 15.9. The van der Waals surface area contributed by atoms with Crippen molar-refractivity contribution in [2.75, 3.05) is 30.6 Å². The van der Waals surface area contributed by atoms with E-state index in [2.05, 4.69) is 10.6 Å². The molecule has 1 aliphatic rings. The van der Waals surface area contributed by atoms with Crippen molar-refractivity contribution in [3.63, 3.8) is 0 Å². The lowest BCUT2D eigenvalue weighted by atomic mass is 9.97. The van der Waals surface area contributed by atoms with Gasteiger partial charge in [0.25, 0.3) is 15.9 Å². The second-order valence-corrected chi connectivity index (χ2v) is 13.3. The van der Waals surface area contributed by atoms with Crippen molar-refractivity contribution in [2.24, 2.45) is 5.92 Å². The summed E-state index contributed by atoms with van der Waals surface area (Å²) in [7, 11) is -4.27. The lowest BCUT2D eigenvalue weighted by Crippen LogP contribution is -2.44. The quantitative estimate of drug-likeness (QED) is 0.312. The molecule has 1 aliphatic heterocycles. The number of hydrogen-bond acceptors (Lipinski definition) is 7. The van der Waals surface area contributed by atoms with Gasteiger partial charge in [0.05, 0.1) is 17.1 Å². The molecule has 1 saturated heterocycles. The second-order valence-electron chi connectivity index (χ2n) is 11.5. The van der Waals surface area contributed by atoms with Crippen LogP contribution in [0.5, 0.6) is 5.75 Å². The van der Waals surface area contributed by atoms with E-state index in [-0.39, 0.29) is 46.4 Å². The van der Waals surface area contributed by atoms with Crippen LogP contribution in [0.3, 0.4) is 0 Å². The predicted molar refractivity (Wildman–Crippen MR) is 165 cm³/mol. The number of hydrogen-bond donors (Lipinski definition) is 2. The van der Waals surface area contributed by atoms with Crippen molar-refractivity contribution in [2.45, 2.75) is 44.1 Å². The zero-order valence-electron chi connectivity index (χ0n) is 25.4. The van der Waals surface area contributed by atoms with Crippen LogP contribution in [-0.2, 0) is 19.6 Å². The van der Waals surface area contributed by atoms with E-state index in [0.717, 1.165) is 29.4 Å². The zero-order chi connectivity index (χ0) is 32.6. The Balaban J connectivity index is 1.29. The standard InChI is InChI=1S/C32H37FN4O7S/c1-32(2,3)43-31(40)36-19-17-23(18-20-36)21-34-29(38)22-35-30(39)24-9-15-28(16-10-24)45(41,42)37(26-7-5-4-6-8-26)44-27-13-11-25(33)12-14-27/h4-16,23H,17-22H2,1-3H3,(H,34,38)(H,35,39). The van der Waals surface area contributed by atoms with E-state index in [0.29, 0.717) is 19.6 Å². The maximum atomic E-state index is 13.6. The molecule has 0 unspecified atom stereocenters. The van der Waals surface area contributed by atoms with Gasteiger partial charge in [0.15, 0.2) is 5.75 Å². The number of likely N-dealkylation sites (tertiary alicyclic amines) is 1. The summed E-state index contributed by atoms with van der Waals surface area (Å²) in [4.78, 5) is 44.5. The Bertz CT molecular complexity index is 1570. The number of ether oxygens (including phenoxy) is 1. The van der Waals surface area contributed by atoms with Crippen LogP contribution in [-0.4, -0.2) is 63.0 Å². The number of benzene rings is 3. The highest BCUT2D eigenvalue weighted by Crippen LogP contribution is 2.26. The number of halogens is 1. The molecule has 0 radical (unpaired) electrons. The number of para-hydroxylation sites is 1. The molecule has 0 spiro atoms. The number of anilines is 1. The van der Waals surface area contributed by atoms with Crippen molar-refractivity contribution in [3.05, 3.63) is 90.2 Å². The average molecular weight is 641 g/mol. The lowest BCUT2D eigenvalue weighted by molar-refractivity contribution is -0.120. The molecule has 0 atom stereocenters. The van der Waals surface area contributed by atoms with Gasteiger partial charge in [0.1, 0.15) is 11.4 Å². The van der Waals surface area contributed by atoms with Gasteiger partial charge >= 0.3 is 6.09 Å². The summed E-state index contributed by atoms with van der Waals surface area (Å²) < 4.78 is 46.6. The van der Waals surface area contributed by atoms with Gasteiger partial charge in [-0.2, -0.15) is 8.42 Å². The van der Waals surface area contributed by atoms with Gasteiger partial charge in [-0.1, -0.05) is 22.7 Å². The van der Waals surface area contributed by atoms with E-state index in [1.807, 2.05) is 20.8 Å². The largest absolute Gasteiger partial charge is 0.444 e. The fraction of sp³-hybridized carbons (Fsp3) is 0.344. The number of carbonyl (C=O) groups is 3. The Morgan fingerprint density at radius 2 is 1.53 bits per heavy atom. The topological polar surface area (TPSA) is 134 Å². The number of amides is 3. The zero-order valence-corrected chi connectivity index (χ0v) is 26.2. The molecule has 3 amide bonds. The summed E-state index contributed by atoms with van der Waals surface area (Å²) in [6.07, 6.45) is 1.10. The van der Waals surface area contributed by atoms with Crippen LogP contribution >= 0.6 is 0 Å². The second kappa shape index (κ2) is 14.4. The first-order chi connectivity index (χ1) is 21.3. The molecule has 45 heavy (non-hydrogen) atoms. The number of piperidine rings is 1. The number of carbonyl (C=O) groups excluding carboxylic acids is 3. The van der Waals surface area contributed by atoms with Crippen LogP contribution in [0.2, 0.25) is 0 Å². The van der Waals surface area contributed by atoms with E-state index >= 15 is 0 Å². The van der Waals surface area contributed by atoms with Gasteiger partial charge in [-0.05, 0) is 100 Å². The van der Waals surface area contributed by atoms with Crippen molar-refractivity contribution in [1.82, 2.24) is 15.5 Å². The summed E-state index contributed by atoms with van der Waals surface area (Å²) in [5.41, 5.74) is -0.193. The first-order valence-electron chi connectivity index (χ1n) is 14.5. The molecule has 0 aromatic heterocycles. The van der Waals surface area contributed by atoms with Crippen LogP contribution in [0, 0.1) is 11.7 Å². The fourth-order valence-corrected chi connectivity index (χ4v) is 5.74. The van der Waals surface area contributed by atoms with E-state index in [1.165, 1.54) is 36.4 Å². The third-order valence-electron chi connectivity index (χ3n) is 6.87. The Morgan fingerprint density at radius 3 is 2.13 bits per heavy atom. The van der Waals surface area contributed by atoms with Crippen LogP contribution < -0.4 is 19.9 Å². The molecule has 1 heterocycles. The minimum absolute atomic E-state index is 0.101. The van der Waals surface area contributed by atoms with Crippen LogP contribution in [0.15, 0.2) is 83.8 Å². The van der Waals surface area contributed by atoms with E-state index in [4.69, 9.17) is 9.57 Å². The fourth-order valence-electron chi connectivity index (χ4n) is 4.48. The highest BCUT2D eigenvalue weighted by Gasteiger charge is 2.29. The van der Waals surface area contributed by atoms with Crippen molar-refractivity contribution in [3.8, 4) is 5.75 Å². The predicted octanol–water partition coefficient (Wildman–Crippen LogP) is 4.51. The van der Waals surface area contributed by atoms with E-state index in [1.54, 1.807) is 35.2 Å². The monoisotopic (exact) mass is 640 g/mol. The highest BCUT2D eigenvalue weighted by molar-refractivity contribution is 7.92. The van der Waals surface area contributed by atoms with Gasteiger partial charge in [-0.25, -0.2) is 9.18 Å². The molecular formula is C32H37FN4O7S. The Labute approximate surface area is 262 Å².